The van der Waals surface area contributed by atoms with E-state index >= 15 is 0 Å². The number of carbonyl (C=O) groups excluding carboxylic acids is 1. The highest BCUT2D eigenvalue weighted by Crippen LogP contribution is 2.14. The van der Waals surface area contributed by atoms with Crippen LogP contribution in [-0.4, -0.2) is 28.2 Å². The molecular formula is C22H25ClN6O. The largest absolute Gasteiger partial charge is 0.357 e. The molecule has 3 rings (SSSR count). The number of nitrogens with zero attached hydrogens (tertiary/aromatic N) is 3. The monoisotopic (exact) mass is 424 g/mol. The van der Waals surface area contributed by atoms with Gasteiger partial charge in [0, 0.05) is 36.2 Å². The van der Waals surface area contributed by atoms with E-state index in [9.17, 15) is 4.79 Å². The number of halogens is 1. The lowest BCUT2D eigenvalue weighted by Crippen LogP contribution is -2.36. The molecule has 0 radical (unpaired) electrons. The SMILES string of the molecule is CCNC(=NCc1cccc(NC(=O)Cn2cccn2)c1)NCc1ccccc1Cl. The standard InChI is InChI=1S/C22H25ClN6O/c1-2-24-22(26-15-18-8-3-4-10-20(18)23)25-14-17-7-5-9-19(13-17)28-21(30)16-29-12-6-11-27-29/h3-13H,2,14-16H2,1H3,(H,28,30)(H2,24,25,26). The lowest BCUT2D eigenvalue weighted by molar-refractivity contribution is -0.116. The summed E-state index contributed by atoms with van der Waals surface area (Å²) in [6.07, 6.45) is 3.40. The van der Waals surface area contributed by atoms with Gasteiger partial charge in [-0.05, 0) is 42.3 Å². The normalized spacial score (nSPS) is 11.2. The Morgan fingerprint density at radius 1 is 1.13 bits per heavy atom. The smallest absolute Gasteiger partial charge is 0.246 e. The van der Waals surface area contributed by atoms with E-state index in [0.29, 0.717) is 19.0 Å². The third kappa shape index (κ3) is 6.63. The van der Waals surface area contributed by atoms with Gasteiger partial charge < -0.3 is 16.0 Å². The van der Waals surface area contributed by atoms with Gasteiger partial charge >= 0.3 is 0 Å². The van der Waals surface area contributed by atoms with Crippen LogP contribution in [0.25, 0.3) is 0 Å². The first-order chi connectivity index (χ1) is 14.6. The Labute approximate surface area is 181 Å². The maximum absolute atomic E-state index is 12.2. The van der Waals surface area contributed by atoms with E-state index in [1.807, 2.05) is 55.5 Å². The van der Waals surface area contributed by atoms with Crippen molar-refractivity contribution in [2.45, 2.75) is 26.6 Å². The molecule has 0 aliphatic carbocycles. The maximum Gasteiger partial charge on any atom is 0.246 e. The number of hydrogen-bond donors (Lipinski definition) is 3. The first kappa shape index (κ1) is 21.4. The van der Waals surface area contributed by atoms with Crippen molar-refractivity contribution in [3.05, 3.63) is 83.1 Å². The van der Waals surface area contributed by atoms with E-state index < -0.39 is 0 Å². The van der Waals surface area contributed by atoms with Crippen molar-refractivity contribution in [3.63, 3.8) is 0 Å². The summed E-state index contributed by atoms with van der Waals surface area (Å²) in [5.41, 5.74) is 2.72. The number of carbonyl (C=O) groups is 1. The van der Waals surface area contributed by atoms with Crippen molar-refractivity contribution >= 4 is 29.2 Å². The second-order valence-electron chi connectivity index (χ2n) is 6.59. The lowest BCUT2D eigenvalue weighted by atomic mass is 10.2. The molecule has 7 nitrogen and oxygen atoms in total. The molecule has 156 valence electrons. The molecule has 0 saturated heterocycles. The van der Waals surface area contributed by atoms with Crippen LogP contribution in [0.5, 0.6) is 0 Å². The minimum Gasteiger partial charge on any atom is -0.357 e. The quantitative estimate of drug-likeness (QED) is 0.382. The van der Waals surface area contributed by atoms with E-state index in [1.54, 1.807) is 23.1 Å². The summed E-state index contributed by atoms with van der Waals surface area (Å²) in [5, 5.41) is 14.2. The fourth-order valence-corrected chi connectivity index (χ4v) is 3.02. The molecule has 0 saturated carbocycles. The van der Waals surface area contributed by atoms with Gasteiger partial charge in [0.25, 0.3) is 0 Å². The van der Waals surface area contributed by atoms with Gasteiger partial charge in [-0.25, -0.2) is 4.99 Å². The summed E-state index contributed by atoms with van der Waals surface area (Å²) >= 11 is 6.22. The number of rotatable bonds is 8. The van der Waals surface area contributed by atoms with Gasteiger partial charge in [-0.1, -0.05) is 41.9 Å². The van der Waals surface area contributed by atoms with Crippen LogP contribution in [0.3, 0.4) is 0 Å². The zero-order valence-electron chi connectivity index (χ0n) is 16.8. The Morgan fingerprint density at radius 3 is 2.77 bits per heavy atom. The Balaban J connectivity index is 1.59. The van der Waals surface area contributed by atoms with Gasteiger partial charge in [0.15, 0.2) is 5.96 Å². The fourth-order valence-electron chi connectivity index (χ4n) is 2.82. The summed E-state index contributed by atoms with van der Waals surface area (Å²) < 4.78 is 1.58. The van der Waals surface area contributed by atoms with Crippen molar-refractivity contribution in [1.29, 1.82) is 0 Å². The Kier molecular flexibility index (Phi) is 7.86. The molecule has 0 fully saturated rings. The molecule has 30 heavy (non-hydrogen) atoms. The van der Waals surface area contributed by atoms with Gasteiger partial charge in [-0.15, -0.1) is 0 Å². The number of benzene rings is 2. The summed E-state index contributed by atoms with van der Waals surface area (Å²) in [6, 6.07) is 17.2. The highest BCUT2D eigenvalue weighted by molar-refractivity contribution is 6.31. The van der Waals surface area contributed by atoms with Crippen molar-refractivity contribution in [3.8, 4) is 0 Å². The van der Waals surface area contributed by atoms with Gasteiger partial charge in [0.1, 0.15) is 6.54 Å². The van der Waals surface area contributed by atoms with Gasteiger partial charge in [-0.3, -0.25) is 9.48 Å². The summed E-state index contributed by atoms with van der Waals surface area (Å²) in [6.45, 7) is 3.99. The predicted molar refractivity (Wildman–Crippen MR) is 120 cm³/mol. The average Bonchev–Trinajstić information content (AvgIpc) is 3.24. The summed E-state index contributed by atoms with van der Waals surface area (Å²) in [7, 11) is 0. The molecule has 3 N–H and O–H groups in total. The highest BCUT2D eigenvalue weighted by atomic mass is 35.5. The van der Waals surface area contributed by atoms with Crippen LogP contribution in [0.4, 0.5) is 5.69 Å². The fraction of sp³-hybridized carbons (Fsp3) is 0.227. The molecular weight excluding hydrogens is 400 g/mol. The number of amides is 1. The topological polar surface area (TPSA) is 83.3 Å². The van der Waals surface area contributed by atoms with E-state index in [2.05, 4.69) is 26.0 Å². The summed E-state index contributed by atoms with van der Waals surface area (Å²) in [5.74, 6) is 0.569. The number of anilines is 1. The second kappa shape index (κ2) is 11.0. The molecule has 3 aromatic rings. The van der Waals surface area contributed by atoms with Gasteiger partial charge in [0.05, 0.1) is 6.54 Å². The van der Waals surface area contributed by atoms with Crippen molar-refractivity contribution in [1.82, 2.24) is 20.4 Å². The number of hydrogen-bond acceptors (Lipinski definition) is 3. The van der Waals surface area contributed by atoms with E-state index in [4.69, 9.17) is 11.6 Å². The molecule has 1 heterocycles. The number of guanidine groups is 1. The van der Waals surface area contributed by atoms with Crippen molar-refractivity contribution < 1.29 is 4.79 Å². The minimum atomic E-state index is -0.130. The zero-order valence-corrected chi connectivity index (χ0v) is 17.6. The Hall–Kier alpha value is -3.32. The van der Waals surface area contributed by atoms with E-state index in [0.717, 1.165) is 28.4 Å². The predicted octanol–water partition coefficient (Wildman–Crippen LogP) is 3.43. The summed E-state index contributed by atoms with van der Waals surface area (Å²) in [4.78, 5) is 16.8. The molecule has 0 unspecified atom stereocenters. The third-order valence-corrected chi connectivity index (χ3v) is 4.61. The Morgan fingerprint density at radius 2 is 2.00 bits per heavy atom. The molecule has 8 heteroatoms. The van der Waals surface area contributed by atoms with Crippen LogP contribution in [0.15, 0.2) is 72.0 Å². The van der Waals surface area contributed by atoms with Crippen LogP contribution < -0.4 is 16.0 Å². The van der Waals surface area contributed by atoms with Crippen molar-refractivity contribution in [2.24, 2.45) is 4.99 Å². The molecule has 0 aliphatic rings. The van der Waals surface area contributed by atoms with Crippen LogP contribution in [0.2, 0.25) is 5.02 Å². The molecule has 0 spiro atoms. The molecule has 1 amide bonds. The first-order valence-electron chi connectivity index (χ1n) is 9.76. The second-order valence-corrected chi connectivity index (χ2v) is 7.00. The van der Waals surface area contributed by atoms with E-state index in [1.165, 1.54) is 0 Å². The average molecular weight is 425 g/mol. The van der Waals surface area contributed by atoms with Crippen LogP contribution in [-0.2, 0) is 24.4 Å². The minimum absolute atomic E-state index is 0.130. The highest BCUT2D eigenvalue weighted by Gasteiger charge is 2.05. The van der Waals surface area contributed by atoms with E-state index in [-0.39, 0.29) is 12.5 Å². The van der Waals surface area contributed by atoms with Crippen LogP contribution in [0.1, 0.15) is 18.1 Å². The first-order valence-corrected chi connectivity index (χ1v) is 10.1. The molecule has 0 atom stereocenters. The Bertz CT molecular complexity index is 987. The molecule has 2 aromatic carbocycles. The lowest BCUT2D eigenvalue weighted by Gasteiger charge is -2.12. The third-order valence-electron chi connectivity index (χ3n) is 4.24. The van der Waals surface area contributed by atoms with Crippen LogP contribution in [0, 0.1) is 0 Å². The van der Waals surface area contributed by atoms with Gasteiger partial charge in [-0.2, -0.15) is 5.10 Å². The number of aliphatic imine (C=N–C) groups is 1. The number of aromatic nitrogens is 2. The maximum atomic E-state index is 12.2. The zero-order chi connectivity index (χ0) is 21.2. The molecule has 1 aromatic heterocycles. The molecule has 0 aliphatic heterocycles. The van der Waals surface area contributed by atoms with Gasteiger partial charge in [0.2, 0.25) is 5.91 Å². The molecule has 0 bridgehead atoms. The number of nitrogens with one attached hydrogen (secondary N) is 3. The van der Waals surface area contributed by atoms with Crippen molar-refractivity contribution in [2.75, 3.05) is 11.9 Å². The van der Waals surface area contributed by atoms with Crippen LogP contribution >= 0.6 is 11.6 Å².